The van der Waals surface area contributed by atoms with Gasteiger partial charge in [-0.25, -0.2) is 0 Å². The van der Waals surface area contributed by atoms with Crippen LogP contribution in [0.1, 0.15) is 32.6 Å². The number of carbonyl (C=O) groups excluding carboxylic acids is 1. The first kappa shape index (κ1) is 8.72. The van der Waals surface area contributed by atoms with Gasteiger partial charge in [0.25, 0.3) is 0 Å². The lowest BCUT2D eigenvalue weighted by Gasteiger charge is -2.17. The molecular formula is C9H16O2. The number of methoxy groups -OCH3 is 1. The largest absolute Gasteiger partial charge is 0.381 e. The molecule has 0 saturated heterocycles. The van der Waals surface area contributed by atoms with E-state index in [1.165, 1.54) is 0 Å². The lowest BCUT2D eigenvalue weighted by atomic mass is 9.98. The Morgan fingerprint density at radius 1 is 1.45 bits per heavy atom. The van der Waals surface area contributed by atoms with Crippen molar-refractivity contribution in [1.29, 1.82) is 0 Å². The van der Waals surface area contributed by atoms with Crippen LogP contribution >= 0.6 is 0 Å². The number of Topliss-reactive ketones (excluding diaryl/α,β-unsaturated/α-hetero) is 1. The smallest absolute Gasteiger partial charge is 0.138 e. The molecule has 0 N–H and O–H groups in total. The summed E-state index contributed by atoms with van der Waals surface area (Å²) in [6, 6.07) is 0. The Hall–Kier alpha value is -0.370. The van der Waals surface area contributed by atoms with Gasteiger partial charge in [0.05, 0.1) is 6.10 Å². The van der Waals surface area contributed by atoms with Crippen LogP contribution in [0.3, 0.4) is 0 Å². The van der Waals surface area contributed by atoms with Gasteiger partial charge in [0, 0.05) is 19.4 Å². The molecule has 1 rings (SSSR count). The topological polar surface area (TPSA) is 26.3 Å². The zero-order valence-corrected chi connectivity index (χ0v) is 7.30. The van der Waals surface area contributed by atoms with Crippen molar-refractivity contribution in [2.75, 3.05) is 7.11 Å². The number of carbonyl (C=O) groups is 1. The van der Waals surface area contributed by atoms with Gasteiger partial charge in [-0.3, -0.25) is 4.79 Å². The number of rotatable bonds is 1. The van der Waals surface area contributed by atoms with E-state index in [4.69, 9.17) is 4.74 Å². The molecule has 2 nitrogen and oxygen atoms in total. The van der Waals surface area contributed by atoms with Gasteiger partial charge in [-0.1, -0.05) is 13.3 Å². The molecule has 0 heterocycles. The van der Waals surface area contributed by atoms with Gasteiger partial charge in [-0.15, -0.1) is 0 Å². The van der Waals surface area contributed by atoms with E-state index in [9.17, 15) is 4.79 Å². The first-order chi connectivity index (χ1) is 5.25. The summed E-state index contributed by atoms with van der Waals surface area (Å²) >= 11 is 0. The van der Waals surface area contributed by atoms with Crippen LogP contribution in [0.15, 0.2) is 0 Å². The van der Waals surface area contributed by atoms with E-state index in [2.05, 4.69) is 0 Å². The fourth-order valence-corrected chi connectivity index (χ4v) is 1.65. The van der Waals surface area contributed by atoms with Gasteiger partial charge in [0.2, 0.25) is 0 Å². The van der Waals surface area contributed by atoms with Crippen LogP contribution in [0.5, 0.6) is 0 Å². The van der Waals surface area contributed by atoms with Crippen molar-refractivity contribution in [1.82, 2.24) is 0 Å². The summed E-state index contributed by atoms with van der Waals surface area (Å²) < 4.78 is 5.23. The molecule has 0 spiro atoms. The van der Waals surface area contributed by atoms with E-state index in [0.29, 0.717) is 5.78 Å². The number of hydrogen-bond donors (Lipinski definition) is 0. The summed E-state index contributed by atoms with van der Waals surface area (Å²) in [5.41, 5.74) is 0. The fraction of sp³-hybridized carbons (Fsp3) is 0.889. The van der Waals surface area contributed by atoms with Crippen molar-refractivity contribution in [3.05, 3.63) is 0 Å². The van der Waals surface area contributed by atoms with Crippen LogP contribution in [-0.2, 0) is 9.53 Å². The molecule has 0 aromatic heterocycles. The summed E-state index contributed by atoms with van der Waals surface area (Å²) in [5, 5.41) is 0. The number of hydrogen-bond acceptors (Lipinski definition) is 2. The summed E-state index contributed by atoms with van der Waals surface area (Å²) in [4.78, 5) is 11.3. The molecule has 1 saturated carbocycles. The van der Waals surface area contributed by atoms with Crippen LogP contribution in [0, 0.1) is 5.92 Å². The molecule has 11 heavy (non-hydrogen) atoms. The highest BCUT2D eigenvalue weighted by molar-refractivity contribution is 5.81. The van der Waals surface area contributed by atoms with Crippen LogP contribution in [-0.4, -0.2) is 19.0 Å². The molecule has 64 valence electrons. The maximum Gasteiger partial charge on any atom is 0.138 e. The van der Waals surface area contributed by atoms with Gasteiger partial charge in [0.15, 0.2) is 0 Å². The Labute approximate surface area is 67.9 Å². The molecule has 1 aliphatic rings. The van der Waals surface area contributed by atoms with Crippen molar-refractivity contribution in [3.8, 4) is 0 Å². The van der Waals surface area contributed by atoms with Crippen molar-refractivity contribution >= 4 is 5.78 Å². The molecule has 0 radical (unpaired) electrons. The zero-order chi connectivity index (χ0) is 8.27. The Morgan fingerprint density at radius 3 is 2.82 bits per heavy atom. The van der Waals surface area contributed by atoms with Gasteiger partial charge < -0.3 is 4.74 Å². The third kappa shape index (κ3) is 2.03. The lowest BCUT2D eigenvalue weighted by molar-refractivity contribution is -0.125. The van der Waals surface area contributed by atoms with E-state index < -0.39 is 0 Å². The second-order valence-corrected chi connectivity index (χ2v) is 3.27. The second-order valence-electron chi connectivity index (χ2n) is 3.27. The third-order valence-electron chi connectivity index (χ3n) is 2.53. The summed E-state index contributed by atoms with van der Waals surface area (Å²) in [6.45, 7) is 1.97. The van der Waals surface area contributed by atoms with E-state index in [1.54, 1.807) is 7.11 Å². The standard InChI is InChI=1S/C9H16O2/c1-7-8(10)5-3-4-6-9(7)11-2/h7,9H,3-6H2,1-2H3/t7-,9-/m1/s1. The molecule has 2 heteroatoms. The Bertz CT molecular complexity index is 142. The highest BCUT2D eigenvalue weighted by Gasteiger charge is 2.25. The average molecular weight is 156 g/mol. The van der Waals surface area contributed by atoms with Crippen molar-refractivity contribution in [3.63, 3.8) is 0 Å². The van der Waals surface area contributed by atoms with Gasteiger partial charge >= 0.3 is 0 Å². The molecule has 1 fully saturated rings. The molecule has 2 atom stereocenters. The van der Waals surface area contributed by atoms with E-state index in [1.807, 2.05) is 6.92 Å². The summed E-state index contributed by atoms with van der Waals surface area (Å²) in [6.07, 6.45) is 4.15. The van der Waals surface area contributed by atoms with Crippen LogP contribution in [0.2, 0.25) is 0 Å². The average Bonchev–Trinajstić information content (AvgIpc) is 2.16. The molecule has 1 aliphatic carbocycles. The van der Waals surface area contributed by atoms with Gasteiger partial charge in [-0.2, -0.15) is 0 Å². The highest BCUT2D eigenvalue weighted by Crippen LogP contribution is 2.21. The van der Waals surface area contributed by atoms with Gasteiger partial charge in [0.1, 0.15) is 5.78 Å². The fourth-order valence-electron chi connectivity index (χ4n) is 1.65. The highest BCUT2D eigenvalue weighted by atomic mass is 16.5. The molecule has 0 aromatic carbocycles. The maximum absolute atomic E-state index is 11.3. The van der Waals surface area contributed by atoms with Crippen molar-refractivity contribution in [2.24, 2.45) is 5.92 Å². The maximum atomic E-state index is 11.3. The second kappa shape index (κ2) is 3.86. The molecule has 0 aromatic rings. The van der Waals surface area contributed by atoms with E-state index in [-0.39, 0.29) is 12.0 Å². The Kier molecular flexibility index (Phi) is 3.06. The number of ether oxygens (including phenoxy) is 1. The molecule has 0 amide bonds. The van der Waals surface area contributed by atoms with Gasteiger partial charge in [-0.05, 0) is 12.8 Å². The van der Waals surface area contributed by atoms with Crippen LogP contribution in [0.25, 0.3) is 0 Å². The minimum absolute atomic E-state index is 0.113. The van der Waals surface area contributed by atoms with Crippen LogP contribution in [0.4, 0.5) is 0 Å². The SMILES string of the molecule is CO[C@@H]1CCCCC(=O)[C@H]1C. The molecule has 0 unspecified atom stereocenters. The lowest BCUT2D eigenvalue weighted by Crippen LogP contribution is -2.25. The quantitative estimate of drug-likeness (QED) is 0.541. The van der Waals surface area contributed by atoms with Crippen molar-refractivity contribution in [2.45, 2.75) is 38.7 Å². The molecular weight excluding hydrogens is 140 g/mol. The predicted molar refractivity (Wildman–Crippen MR) is 43.4 cm³/mol. The normalized spacial score (nSPS) is 33.5. The Morgan fingerprint density at radius 2 is 2.18 bits per heavy atom. The summed E-state index contributed by atoms with van der Waals surface area (Å²) in [5.74, 6) is 0.483. The number of ketones is 1. The Balaban J connectivity index is 2.56. The zero-order valence-electron chi connectivity index (χ0n) is 7.30. The predicted octanol–water partition coefficient (Wildman–Crippen LogP) is 1.78. The van der Waals surface area contributed by atoms with Crippen molar-refractivity contribution < 1.29 is 9.53 Å². The minimum atomic E-state index is 0.113. The summed E-state index contributed by atoms with van der Waals surface area (Å²) in [7, 11) is 1.69. The van der Waals surface area contributed by atoms with E-state index >= 15 is 0 Å². The monoisotopic (exact) mass is 156 g/mol. The van der Waals surface area contributed by atoms with Crippen LogP contribution < -0.4 is 0 Å². The minimum Gasteiger partial charge on any atom is -0.381 e. The third-order valence-corrected chi connectivity index (χ3v) is 2.53. The first-order valence-electron chi connectivity index (χ1n) is 4.31. The molecule has 0 aliphatic heterocycles. The first-order valence-corrected chi connectivity index (χ1v) is 4.31. The van der Waals surface area contributed by atoms with E-state index in [0.717, 1.165) is 25.7 Å². The molecule has 0 bridgehead atoms.